The molecule has 0 saturated heterocycles. The molecular formula is C25H38N4O9. The molecule has 6 N–H and O–H groups in total. The van der Waals surface area contributed by atoms with E-state index in [0.29, 0.717) is 13.1 Å². The molecule has 0 saturated carbocycles. The van der Waals surface area contributed by atoms with Crippen LogP contribution in [0.3, 0.4) is 0 Å². The van der Waals surface area contributed by atoms with Gasteiger partial charge in [-0.2, -0.15) is 0 Å². The van der Waals surface area contributed by atoms with E-state index in [4.69, 9.17) is 14.8 Å². The second-order valence-electron chi connectivity index (χ2n) is 9.38. The van der Waals surface area contributed by atoms with Crippen LogP contribution in [0.25, 0.3) is 0 Å². The summed E-state index contributed by atoms with van der Waals surface area (Å²) in [6.07, 6.45) is -2.92. The van der Waals surface area contributed by atoms with Crippen LogP contribution in [-0.2, 0) is 24.1 Å². The number of carbonyl (C=O) groups is 5. The molecule has 0 aromatic heterocycles. The molecule has 38 heavy (non-hydrogen) atoms. The number of aliphatic hydroxyl groups excluding tert-OH is 1. The van der Waals surface area contributed by atoms with Crippen LogP contribution >= 0.6 is 0 Å². The van der Waals surface area contributed by atoms with E-state index < -0.39 is 41.8 Å². The Labute approximate surface area is 221 Å². The maximum Gasteiger partial charge on any atom is 0.303 e. The Morgan fingerprint density at radius 3 is 1.63 bits per heavy atom. The van der Waals surface area contributed by atoms with Crippen molar-refractivity contribution >= 4 is 29.6 Å². The van der Waals surface area contributed by atoms with Crippen LogP contribution < -0.4 is 21.6 Å². The standard InChI is InChI=1S/C25H38N4O9/c1-15(2)13-26-24(35)19(8-9-21(31)32)37-28-22(33)17-6-5-7-18(12-17)23(34)29-38-20(10-11-30)25(36)27-14-16(3)4/h5-7,12,15-16,19-20,30H,8-11,13-14H2,1-4H3,(H,26,35)(H,27,36)(H,28,33)(H,29,34)(H,31,32)/t19-,20-/m1/s1. The Morgan fingerprint density at radius 1 is 0.789 bits per heavy atom. The molecule has 0 bridgehead atoms. The third-order valence-corrected chi connectivity index (χ3v) is 4.94. The van der Waals surface area contributed by atoms with Gasteiger partial charge in [0, 0.05) is 43.7 Å². The van der Waals surface area contributed by atoms with Gasteiger partial charge < -0.3 is 20.8 Å². The molecule has 0 radical (unpaired) electrons. The van der Waals surface area contributed by atoms with Gasteiger partial charge in [-0.1, -0.05) is 33.8 Å². The highest BCUT2D eigenvalue weighted by Gasteiger charge is 2.23. The number of rotatable bonds is 17. The van der Waals surface area contributed by atoms with Crippen molar-refractivity contribution in [3.8, 4) is 0 Å². The van der Waals surface area contributed by atoms with Crippen LogP contribution in [0.4, 0.5) is 0 Å². The third-order valence-electron chi connectivity index (χ3n) is 4.94. The largest absolute Gasteiger partial charge is 0.481 e. The number of hydroxylamine groups is 2. The second-order valence-corrected chi connectivity index (χ2v) is 9.38. The molecule has 0 unspecified atom stereocenters. The minimum absolute atomic E-state index is 0.0128. The number of nitrogens with one attached hydrogen (secondary N) is 4. The first-order valence-corrected chi connectivity index (χ1v) is 12.3. The first-order chi connectivity index (χ1) is 17.9. The maximum atomic E-state index is 12.6. The van der Waals surface area contributed by atoms with E-state index in [2.05, 4.69) is 21.6 Å². The quantitative estimate of drug-likeness (QED) is 0.154. The molecule has 1 rings (SSSR count). The molecule has 1 aromatic carbocycles. The molecule has 13 nitrogen and oxygen atoms in total. The maximum absolute atomic E-state index is 12.6. The molecule has 212 valence electrons. The van der Waals surface area contributed by atoms with E-state index >= 15 is 0 Å². The minimum atomic E-state index is -1.24. The lowest BCUT2D eigenvalue weighted by molar-refractivity contribution is -0.141. The van der Waals surface area contributed by atoms with Crippen molar-refractivity contribution in [1.82, 2.24) is 21.6 Å². The highest BCUT2D eigenvalue weighted by atomic mass is 16.7. The van der Waals surface area contributed by atoms with Crippen molar-refractivity contribution in [2.24, 2.45) is 11.8 Å². The van der Waals surface area contributed by atoms with Crippen molar-refractivity contribution in [3.05, 3.63) is 35.4 Å². The van der Waals surface area contributed by atoms with Gasteiger partial charge in [-0.25, -0.2) is 11.0 Å². The Balaban J connectivity index is 2.79. The average Bonchev–Trinajstić information content (AvgIpc) is 2.87. The van der Waals surface area contributed by atoms with Crippen molar-refractivity contribution in [2.75, 3.05) is 19.7 Å². The van der Waals surface area contributed by atoms with Gasteiger partial charge in [0.15, 0.2) is 12.2 Å². The number of hydrogen-bond acceptors (Lipinski definition) is 8. The van der Waals surface area contributed by atoms with Crippen LogP contribution in [0.15, 0.2) is 24.3 Å². The summed E-state index contributed by atoms with van der Waals surface area (Å²) in [4.78, 5) is 71.1. The topological polar surface area (TPSA) is 192 Å². The Kier molecular flexibility index (Phi) is 14.6. The SMILES string of the molecule is CC(C)CNC(=O)[C@@H](CCO)ONC(=O)c1cccc(C(=O)NO[C@H](CCC(=O)O)C(=O)NCC(C)C)c1. The Hall–Kier alpha value is -3.55. The van der Waals surface area contributed by atoms with Gasteiger partial charge in [-0.3, -0.25) is 33.6 Å². The van der Waals surface area contributed by atoms with E-state index in [0.717, 1.165) is 0 Å². The van der Waals surface area contributed by atoms with Crippen molar-refractivity contribution in [3.63, 3.8) is 0 Å². The summed E-state index contributed by atoms with van der Waals surface area (Å²) in [5.74, 6) is -3.35. The van der Waals surface area contributed by atoms with Crippen LogP contribution in [-0.4, -0.2) is 71.7 Å². The second kappa shape index (κ2) is 17.1. The van der Waals surface area contributed by atoms with Crippen molar-refractivity contribution in [1.29, 1.82) is 0 Å². The summed E-state index contributed by atoms with van der Waals surface area (Å²) in [6.45, 7) is 8.00. The summed E-state index contributed by atoms with van der Waals surface area (Å²) in [7, 11) is 0. The number of benzene rings is 1. The third kappa shape index (κ3) is 12.6. The summed E-state index contributed by atoms with van der Waals surface area (Å²) in [6, 6.07) is 5.48. The summed E-state index contributed by atoms with van der Waals surface area (Å²) in [5, 5.41) is 23.4. The zero-order valence-electron chi connectivity index (χ0n) is 22.1. The highest BCUT2D eigenvalue weighted by molar-refractivity contribution is 5.99. The minimum Gasteiger partial charge on any atom is -0.481 e. The number of hydrogen-bond donors (Lipinski definition) is 6. The number of aliphatic hydroxyl groups is 1. The van der Waals surface area contributed by atoms with Crippen molar-refractivity contribution < 1.29 is 43.9 Å². The molecule has 0 heterocycles. The van der Waals surface area contributed by atoms with Crippen LogP contribution in [0.5, 0.6) is 0 Å². The normalized spacial score (nSPS) is 12.5. The fourth-order valence-electron chi connectivity index (χ4n) is 2.86. The van der Waals surface area contributed by atoms with Gasteiger partial charge in [0.1, 0.15) is 0 Å². The van der Waals surface area contributed by atoms with E-state index in [9.17, 15) is 29.1 Å². The first kappa shape index (κ1) is 32.5. The number of carboxylic acids is 1. The van der Waals surface area contributed by atoms with Gasteiger partial charge >= 0.3 is 5.97 Å². The first-order valence-electron chi connectivity index (χ1n) is 12.3. The fourth-order valence-corrected chi connectivity index (χ4v) is 2.86. The van der Waals surface area contributed by atoms with E-state index in [1.165, 1.54) is 24.3 Å². The molecule has 4 amide bonds. The zero-order chi connectivity index (χ0) is 28.7. The molecular weight excluding hydrogens is 500 g/mol. The lowest BCUT2D eigenvalue weighted by Crippen LogP contribution is -2.43. The van der Waals surface area contributed by atoms with Gasteiger partial charge in [-0.15, -0.1) is 0 Å². The molecule has 0 aliphatic carbocycles. The van der Waals surface area contributed by atoms with Crippen LogP contribution in [0.1, 0.15) is 67.7 Å². The lowest BCUT2D eigenvalue weighted by atomic mass is 10.1. The summed E-state index contributed by atoms with van der Waals surface area (Å²) < 4.78 is 0. The number of amides is 4. The predicted molar refractivity (Wildman–Crippen MR) is 135 cm³/mol. The fraction of sp³-hybridized carbons (Fsp3) is 0.560. The molecule has 1 aromatic rings. The molecule has 0 aliphatic heterocycles. The van der Waals surface area contributed by atoms with Gasteiger partial charge in [0.25, 0.3) is 23.6 Å². The predicted octanol–water partition coefficient (Wildman–Crippen LogP) is 0.538. The van der Waals surface area contributed by atoms with Gasteiger partial charge in [0.05, 0.1) is 0 Å². The highest BCUT2D eigenvalue weighted by Crippen LogP contribution is 2.08. The number of carboxylic acid groups (broad SMARTS) is 1. The van der Waals surface area contributed by atoms with Gasteiger partial charge in [0.2, 0.25) is 0 Å². The van der Waals surface area contributed by atoms with Crippen molar-refractivity contribution in [2.45, 2.75) is 59.2 Å². The number of carbonyl (C=O) groups excluding carboxylic acids is 4. The lowest BCUT2D eigenvalue weighted by Gasteiger charge is -2.18. The summed E-state index contributed by atoms with van der Waals surface area (Å²) in [5.41, 5.74) is 4.32. The molecule has 0 aliphatic rings. The average molecular weight is 539 g/mol. The van der Waals surface area contributed by atoms with E-state index in [1.807, 2.05) is 27.7 Å². The van der Waals surface area contributed by atoms with E-state index in [1.54, 1.807) is 0 Å². The molecule has 0 fully saturated rings. The number of aliphatic carboxylic acids is 1. The van der Waals surface area contributed by atoms with E-state index in [-0.39, 0.29) is 48.8 Å². The van der Waals surface area contributed by atoms with Gasteiger partial charge in [-0.05, 0) is 36.5 Å². The Morgan fingerprint density at radius 2 is 1.24 bits per heavy atom. The smallest absolute Gasteiger partial charge is 0.303 e. The Bertz CT molecular complexity index is 953. The molecule has 13 heteroatoms. The monoisotopic (exact) mass is 538 g/mol. The molecule has 0 spiro atoms. The molecule has 2 atom stereocenters. The summed E-state index contributed by atoms with van der Waals surface area (Å²) >= 11 is 0. The van der Waals surface area contributed by atoms with Crippen LogP contribution in [0, 0.1) is 11.8 Å². The zero-order valence-corrected chi connectivity index (χ0v) is 22.1. The van der Waals surface area contributed by atoms with Crippen LogP contribution in [0.2, 0.25) is 0 Å².